The number of ether oxygens (including phenoxy) is 2. The van der Waals surface area contributed by atoms with Gasteiger partial charge in [-0.3, -0.25) is 0 Å². The summed E-state index contributed by atoms with van der Waals surface area (Å²) in [7, 11) is 1.62. The van der Waals surface area contributed by atoms with E-state index in [2.05, 4.69) is 43.1 Å². The molecule has 37 heavy (non-hydrogen) atoms. The first-order chi connectivity index (χ1) is 18.0. The molecule has 3 aromatic rings. The van der Waals surface area contributed by atoms with E-state index in [9.17, 15) is 4.79 Å². The van der Waals surface area contributed by atoms with E-state index in [0.717, 1.165) is 49.4 Å². The maximum absolute atomic E-state index is 13.4. The van der Waals surface area contributed by atoms with Gasteiger partial charge in [-0.15, -0.1) is 0 Å². The van der Waals surface area contributed by atoms with Crippen LogP contribution in [0.25, 0.3) is 0 Å². The van der Waals surface area contributed by atoms with Gasteiger partial charge in [0.2, 0.25) is 0 Å². The highest BCUT2D eigenvalue weighted by atomic mass is 16.5. The highest BCUT2D eigenvalue weighted by Crippen LogP contribution is 2.21. The first-order valence-corrected chi connectivity index (χ1v) is 13.2. The van der Waals surface area contributed by atoms with Crippen molar-refractivity contribution >= 4 is 11.7 Å². The highest BCUT2D eigenvalue weighted by Gasteiger charge is 2.21. The fraction of sp³-hybridized carbons (Fsp3) is 0.387. The number of hydrogen-bond acceptors (Lipinski definition) is 4. The average molecular weight is 504 g/mol. The van der Waals surface area contributed by atoms with Crippen LogP contribution < -0.4 is 14.8 Å². The Bertz CT molecular complexity index is 1070. The van der Waals surface area contributed by atoms with Crippen LogP contribution in [0.3, 0.4) is 0 Å². The van der Waals surface area contributed by atoms with Gasteiger partial charge in [0.15, 0.2) is 0 Å². The van der Waals surface area contributed by atoms with Crippen LogP contribution in [0.5, 0.6) is 11.5 Å². The fourth-order valence-corrected chi connectivity index (χ4v) is 4.26. The van der Waals surface area contributed by atoms with Crippen LogP contribution in [0.2, 0.25) is 0 Å². The number of amides is 2. The molecule has 3 rings (SSSR count). The zero-order valence-electron chi connectivity index (χ0n) is 22.7. The molecule has 2 amide bonds. The van der Waals surface area contributed by atoms with Gasteiger partial charge in [-0.05, 0) is 74.8 Å². The van der Waals surface area contributed by atoms with Crippen molar-refractivity contribution in [2.75, 3.05) is 32.1 Å². The van der Waals surface area contributed by atoms with Crippen molar-refractivity contribution in [2.45, 2.75) is 52.8 Å². The largest absolute Gasteiger partial charge is 0.497 e. The highest BCUT2D eigenvalue weighted by molar-refractivity contribution is 5.89. The Morgan fingerprint density at radius 3 is 2.30 bits per heavy atom. The number of carbonyl (C=O) groups is 1. The lowest BCUT2D eigenvalue weighted by molar-refractivity contribution is 0.181. The average Bonchev–Trinajstić information content (AvgIpc) is 2.94. The van der Waals surface area contributed by atoms with Gasteiger partial charge in [-0.25, -0.2) is 4.79 Å². The van der Waals surface area contributed by atoms with Crippen molar-refractivity contribution in [2.24, 2.45) is 0 Å². The number of methoxy groups -OCH3 is 1. The van der Waals surface area contributed by atoms with Gasteiger partial charge < -0.3 is 24.6 Å². The van der Waals surface area contributed by atoms with Gasteiger partial charge in [-0.2, -0.15) is 0 Å². The number of carbonyl (C=O) groups excluding carboxylic acids is 1. The molecule has 0 aliphatic heterocycles. The molecule has 0 heterocycles. The molecule has 0 aromatic heterocycles. The predicted molar refractivity (Wildman–Crippen MR) is 151 cm³/mol. The topological polar surface area (TPSA) is 54.0 Å². The standard InChI is InChI=1S/C31H41N3O3/c1-5-33(6-2)21-11-12-25(3)34(31(35)32-28-15-10-16-30(22-28)36-4)23-26-17-19-29(20-18-26)37-24-27-13-8-7-9-14-27/h7-10,13-20,22,25H,5-6,11-12,21,23-24H2,1-4H3,(H,32,35). The zero-order chi connectivity index (χ0) is 26.5. The summed E-state index contributed by atoms with van der Waals surface area (Å²) in [6.07, 6.45) is 1.97. The molecule has 0 fully saturated rings. The molecule has 0 saturated heterocycles. The van der Waals surface area contributed by atoms with Crippen molar-refractivity contribution in [1.29, 1.82) is 0 Å². The second-order valence-corrected chi connectivity index (χ2v) is 9.23. The van der Waals surface area contributed by atoms with Gasteiger partial charge in [0.05, 0.1) is 7.11 Å². The number of anilines is 1. The molecular weight excluding hydrogens is 462 g/mol. The predicted octanol–water partition coefficient (Wildman–Crippen LogP) is 6.82. The number of urea groups is 1. The Balaban J connectivity index is 1.67. The summed E-state index contributed by atoms with van der Waals surface area (Å²) in [6.45, 7) is 10.7. The van der Waals surface area contributed by atoms with E-state index in [0.29, 0.717) is 24.6 Å². The third kappa shape index (κ3) is 9.14. The second-order valence-electron chi connectivity index (χ2n) is 9.23. The molecule has 0 bridgehead atoms. The zero-order valence-corrected chi connectivity index (χ0v) is 22.7. The lowest BCUT2D eigenvalue weighted by atomic mass is 10.1. The summed E-state index contributed by atoms with van der Waals surface area (Å²) in [6, 6.07) is 25.6. The minimum absolute atomic E-state index is 0.0789. The van der Waals surface area contributed by atoms with Crippen molar-refractivity contribution in [1.82, 2.24) is 9.80 Å². The molecule has 6 heteroatoms. The lowest BCUT2D eigenvalue weighted by Gasteiger charge is -2.30. The quantitative estimate of drug-likeness (QED) is 0.262. The molecule has 0 radical (unpaired) electrons. The Kier molecular flexibility index (Phi) is 11.3. The Morgan fingerprint density at radius 2 is 1.62 bits per heavy atom. The third-order valence-electron chi connectivity index (χ3n) is 6.63. The summed E-state index contributed by atoms with van der Waals surface area (Å²) in [5.74, 6) is 1.52. The van der Waals surface area contributed by atoms with Crippen LogP contribution in [-0.4, -0.2) is 48.6 Å². The van der Waals surface area contributed by atoms with Crippen LogP contribution in [0, 0.1) is 0 Å². The van der Waals surface area contributed by atoms with Crippen molar-refractivity contribution in [3.05, 3.63) is 90.0 Å². The lowest BCUT2D eigenvalue weighted by Crippen LogP contribution is -2.41. The molecule has 0 aliphatic carbocycles. The fourth-order valence-electron chi connectivity index (χ4n) is 4.26. The van der Waals surface area contributed by atoms with E-state index in [1.54, 1.807) is 7.11 Å². The van der Waals surface area contributed by atoms with Crippen LogP contribution in [0.1, 0.15) is 44.7 Å². The number of nitrogens with zero attached hydrogens (tertiary/aromatic N) is 2. The van der Waals surface area contributed by atoms with Crippen molar-refractivity contribution in [3.63, 3.8) is 0 Å². The van der Waals surface area contributed by atoms with E-state index >= 15 is 0 Å². The summed E-state index contributed by atoms with van der Waals surface area (Å²) < 4.78 is 11.2. The molecule has 0 spiro atoms. The van der Waals surface area contributed by atoms with Crippen LogP contribution in [0.15, 0.2) is 78.9 Å². The Labute approximate surface area is 222 Å². The molecule has 198 valence electrons. The monoisotopic (exact) mass is 503 g/mol. The minimum atomic E-state index is -0.118. The summed E-state index contributed by atoms with van der Waals surface area (Å²) in [4.78, 5) is 17.8. The van der Waals surface area contributed by atoms with Gasteiger partial charge >= 0.3 is 6.03 Å². The molecule has 0 aliphatic rings. The van der Waals surface area contributed by atoms with Gasteiger partial charge in [0.25, 0.3) is 0 Å². The molecule has 6 nitrogen and oxygen atoms in total. The SMILES string of the molecule is CCN(CC)CCCC(C)N(Cc1ccc(OCc2ccccc2)cc1)C(=O)Nc1cccc(OC)c1. The Morgan fingerprint density at radius 1 is 0.892 bits per heavy atom. The molecule has 1 N–H and O–H groups in total. The first kappa shape index (κ1) is 28.1. The van der Waals surface area contributed by atoms with E-state index in [1.165, 1.54) is 0 Å². The maximum atomic E-state index is 13.4. The first-order valence-electron chi connectivity index (χ1n) is 13.2. The van der Waals surface area contributed by atoms with Crippen LogP contribution in [-0.2, 0) is 13.2 Å². The van der Waals surface area contributed by atoms with E-state index in [-0.39, 0.29) is 12.1 Å². The molecule has 3 aromatic carbocycles. The summed E-state index contributed by atoms with van der Waals surface area (Å²) in [5, 5.41) is 3.06. The van der Waals surface area contributed by atoms with Gasteiger partial charge in [-0.1, -0.05) is 62.4 Å². The van der Waals surface area contributed by atoms with Gasteiger partial charge in [0, 0.05) is 24.3 Å². The molecule has 1 unspecified atom stereocenters. The normalized spacial score (nSPS) is 11.7. The van der Waals surface area contributed by atoms with Gasteiger partial charge in [0.1, 0.15) is 18.1 Å². The van der Waals surface area contributed by atoms with Crippen molar-refractivity contribution < 1.29 is 14.3 Å². The van der Waals surface area contributed by atoms with Crippen molar-refractivity contribution in [3.8, 4) is 11.5 Å². The van der Waals surface area contributed by atoms with E-state index < -0.39 is 0 Å². The third-order valence-corrected chi connectivity index (χ3v) is 6.63. The van der Waals surface area contributed by atoms with E-state index in [4.69, 9.17) is 9.47 Å². The number of rotatable bonds is 14. The molecule has 0 saturated carbocycles. The molecule has 1 atom stereocenters. The summed E-state index contributed by atoms with van der Waals surface area (Å²) in [5.41, 5.74) is 2.91. The molecular formula is C31H41N3O3. The minimum Gasteiger partial charge on any atom is -0.497 e. The van der Waals surface area contributed by atoms with Crippen LogP contribution >= 0.6 is 0 Å². The van der Waals surface area contributed by atoms with Crippen LogP contribution in [0.4, 0.5) is 10.5 Å². The van der Waals surface area contributed by atoms with E-state index in [1.807, 2.05) is 71.6 Å². The summed E-state index contributed by atoms with van der Waals surface area (Å²) >= 11 is 0. The number of nitrogens with one attached hydrogen (secondary N) is 1. The maximum Gasteiger partial charge on any atom is 0.322 e. The number of benzene rings is 3. The second kappa shape index (κ2) is 14.9. The number of hydrogen-bond donors (Lipinski definition) is 1. The smallest absolute Gasteiger partial charge is 0.322 e. The Hall–Kier alpha value is -3.51.